The Hall–Kier alpha value is -3.82. The van der Waals surface area contributed by atoms with Crippen molar-refractivity contribution in [2.24, 2.45) is 15.9 Å². The van der Waals surface area contributed by atoms with Crippen molar-refractivity contribution >= 4 is 36.1 Å². The van der Waals surface area contributed by atoms with Crippen LogP contribution in [-0.4, -0.2) is 61.8 Å². The van der Waals surface area contributed by atoms with Gasteiger partial charge in [0.05, 0.1) is 0 Å². The molecule has 188 valence electrons. The Morgan fingerprint density at radius 3 is 2.60 bits per heavy atom. The molecule has 1 aromatic rings. The van der Waals surface area contributed by atoms with Gasteiger partial charge in [0.25, 0.3) is 5.91 Å². The monoisotopic (exact) mass is 483 g/mol. The molecule has 1 saturated heterocycles. The van der Waals surface area contributed by atoms with E-state index in [2.05, 4.69) is 32.7 Å². The summed E-state index contributed by atoms with van der Waals surface area (Å²) in [6, 6.07) is 6.96. The first-order valence-corrected chi connectivity index (χ1v) is 11.5. The molecule has 0 spiro atoms. The van der Waals surface area contributed by atoms with Crippen LogP contribution in [0.25, 0.3) is 0 Å². The predicted octanol–water partition coefficient (Wildman–Crippen LogP) is 1.95. The molecule has 35 heavy (non-hydrogen) atoms. The minimum absolute atomic E-state index is 0.00690. The van der Waals surface area contributed by atoms with Crippen LogP contribution < -0.4 is 16.0 Å². The SMILES string of the molecule is C=N/C=C1/CC(NC(=O)C(NC(=O)OCc2ccccc2)C(C)C)C(=O)C(=O)NCCC/C1=N/C. The second kappa shape index (κ2) is 13.8. The highest BCUT2D eigenvalue weighted by atomic mass is 16.5. The highest BCUT2D eigenvalue weighted by molar-refractivity contribution is 6.38. The van der Waals surface area contributed by atoms with Crippen LogP contribution in [0.15, 0.2) is 52.1 Å². The molecule has 3 N–H and O–H groups in total. The van der Waals surface area contributed by atoms with E-state index in [9.17, 15) is 19.2 Å². The molecule has 0 saturated carbocycles. The van der Waals surface area contributed by atoms with E-state index in [1.54, 1.807) is 20.9 Å². The first-order valence-electron chi connectivity index (χ1n) is 11.5. The maximum absolute atomic E-state index is 13.1. The summed E-state index contributed by atoms with van der Waals surface area (Å²) in [5.74, 6) is -2.50. The van der Waals surface area contributed by atoms with Gasteiger partial charge in [-0.2, -0.15) is 0 Å². The molecule has 1 aromatic carbocycles. The fraction of sp³-hybridized carbons (Fsp3) is 0.440. The molecule has 1 aliphatic rings. The highest BCUT2D eigenvalue weighted by Crippen LogP contribution is 2.16. The Morgan fingerprint density at radius 2 is 1.97 bits per heavy atom. The molecule has 2 unspecified atom stereocenters. The number of amides is 3. The lowest BCUT2D eigenvalue weighted by Crippen LogP contribution is -2.55. The number of aliphatic imine (C=N–C) groups is 2. The number of ketones is 1. The maximum Gasteiger partial charge on any atom is 0.408 e. The quantitative estimate of drug-likeness (QED) is 0.402. The number of hydrogen-bond acceptors (Lipinski definition) is 7. The number of nitrogens with zero attached hydrogens (tertiary/aromatic N) is 2. The third kappa shape index (κ3) is 8.47. The van der Waals surface area contributed by atoms with Gasteiger partial charge in [-0.05, 0) is 36.6 Å². The molecular formula is C25H33N5O5. The Labute approximate surface area is 205 Å². The zero-order valence-electron chi connectivity index (χ0n) is 20.4. The van der Waals surface area contributed by atoms with Crippen molar-refractivity contribution in [3.8, 4) is 0 Å². The van der Waals surface area contributed by atoms with Crippen molar-refractivity contribution in [2.75, 3.05) is 13.6 Å². The zero-order chi connectivity index (χ0) is 25.8. The number of hydrogen-bond donors (Lipinski definition) is 3. The number of ether oxygens (including phenoxy) is 1. The van der Waals surface area contributed by atoms with Gasteiger partial charge < -0.3 is 20.7 Å². The first kappa shape index (κ1) is 27.4. The summed E-state index contributed by atoms with van der Waals surface area (Å²) in [6.45, 7) is 7.30. The van der Waals surface area contributed by atoms with Gasteiger partial charge in [-0.3, -0.25) is 24.4 Å². The molecule has 10 nitrogen and oxygen atoms in total. The third-order valence-electron chi connectivity index (χ3n) is 5.48. The lowest BCUT2D eigenvalue weighted by atomic mass is 9.94. The van der Waals surface area contributed by atoms with Crippen molar-refractivity contribution in [3.63, 3.8) is 0 Å². The molecule has 0 bridgehead atoms. The van der Waals surface area contributed by atoms with E-state index >= 15 is 0 Å². The van der Waals surface area contributed by atoms with Gasteiger partial charge >= 0.3 is 6.09 Å². The van der Waals surface area contributed by atoms with Gasteiger partial charge in [-0.1, -0.05) is 44.2 Å². The molecule has 2 atom stereocenters. The van der Waals surface area contributed by atoms with Crippen molar-refractivity contribution in [2.45, 2.75) is 51.8 Å². The van der Waals surface area contributed by atoms with E-state index in [-0.39, 0.29) is 18.9 Å². The minimum atomic E-state index is -1.17. The summed E-state index contributed by atoms with van der Waals surface area (Å²) in [6.07, 6.45) is 1.88. The average Bonchev–Trinajstić information content (AvgIpc) is 2.84. The number of Topliss-reactive ketones (excluding diaryl/α,β-unsaturated/α-hetero) is 1. The van der Waals surface area contributed by atoms with Gasteiger partial charge in [0.15, 0.2) is 0 Å². The second-order valence-electron chi connectivity index (χ2n) is 8.42. The summed E-state index contributed by atoms with van der Waals surface area (Å²) in [4.78, 5) is 58.8. The Kier molecular flexibility index (Phi) is 10.8. The van der Waals surface area contributed by atoms with Crippen LogP contribution in [0.4, 0.5) is 4.79 Å². The van der Waals surface area contributed by atoms with E-state index in [4.69, 9.17) is 4.74 Å². The van der Waals surface area contributed by atoms with Crippen LogP contribution in [0, 0.1) is 5.92 Å². The van der Waals surface area contributed by atoms with Gasteiger partial charge in [-0.25, -0.2) is 4.79 Å². The Bertz CT molecular complexity index is 987. The number of carbonyl (C=O) groups excluding carboxylic acids is 4. The molecule has 1 aliphatic heterocycles. The van der Waals surface area contributed by atoms with Crippen molar-refractivity contribution < 1.29 is 23.9 Å². The van der Waals surface area contributed by atoms with E-state index < -0.39 is 35.8 Å². The van der Waals surface area contributed by atoms with Crippen LogP contribution in [0.1, 0.15) is 38.7 Å². The number of rotatable bonds is 7. The topological polar surface area (TPSA) is 138 Å². The van der Waals surface area contributed by atoms with Gasteiger partial charge in [0, 0.05) is 31.9 Å². The van der Waals surface area contributed by atoms with Gasteiger partial charge in [-0.15, -0.1) is 0 Å². The smallest absolute Gasteiger partial charge is 0.408 e. The predicted molar refractivity (Wildman–Crippen MR) is 133 cm³/mol. The van der Waals surface area contributed by atoms with E-state index in [1.165, 1.54) is 6.20 Å². The summed E-state index contributed by atoms with van der Waals surface area (Å²) in [5.41, 5.74) is 2.12. The summed E-state index contributed by atoms with van der Waals surface area (Å²) in [5, 5.41) is 7.76. The van der Waals surface area contributed by atoms with E-state index in [1.807, 2.05) is 30.3 Å². The van der Waals surface area contributed by atoms with Crippen LogP contribution in [-0.2, 0) is 25.7 Å². The van der Waals surface area contributed by atoms with Crippen molar-refractivity contribution in [1.82, 2.24) is 16.0 Å². The minimum Gasteiger partial charge on any atom is -0.445 e. The lowest BCUT2D eigenvalue weighted by molar-refractivity contribution is -0.140. The summed E-state index contributed by atoms with van der Waals surface area (Å²) in [7, 11) is 1.63. The number of benzene rings is 1. The van der Waals surface area contributed by atoms with Crippen molar-refractivity contribution in [1.29, 1.82) is 0 Å². The number of alkyl carbamates (subject to hydrolysis) is 1. The first-order chi connectivity index (χ1) is 16.8. The molecule has 0 aliphatic carbocycles. The average molecular weight is 484 g/mol. The molecule has 0 aromatic heterocycles. The van der Waals surface area contributed by atoms with Crippen LogP contribution in [0.2, 0.25) is 0 Å². The third-order valence-corrected chi connectivity index (χ3v) is 5.48. The van der Waals surface area contributed by atoms with Gasteiger partial charge in [0.2, 0.25) is 11.7 Å². The van der Waals surface area contributed by atoms with Crippen LogP contribution in [0.5, 0.6) is 0 Å². The number of nitrogens with one attached hydrogen (secondary N) is 3. The number of carbonyl (C=O) groups is 4. The standard InChI is InChI=1S/C25H33N5O5/c1-16(2)21(30-25(34)35-15-17-9-6-5-7-10-17)23(32)29-20-13-18(14-26-3)19(27-4)11-8-12-28-24(33)22(20)31/h5-7,9-10,14,16,20-21H,3,8,11-13,15H2,1-2,4H3,(H,28,33)(H,29,32)(H,30,34)/b18-14-,27-19-. The summed E-state index contributed by atoms with van der Waals surface area (Å²) >= 11 is 0. The molecule has 1 fully saturated rings. The van der Waals surface area contributed by atoms with Gasteiger partial charge in [0.1, 0.15) is 18.7 Å². The summed E-state index contributed by atoms with van der Waals surface area (Å²) < 4.78 is 5.23. The molecule has 1 heterocycles. The van der Waals surface area contributed by atoms with E-state index in [0.29, 0.717) is 30.7 Å². The Balaban J connectivity index is 2.16. The van der Waals surface area contributed by atoms with E-state index in [0.717, 1.165) is 5.56 Å². The lowest BCUT2D eigenvalue weighted by Gasteiger charge is -2.26. The molecule has 0 radical (unpaired) electrons. The maximum atomic E-state index is 13.1. The molecular weight excluding hydrogens is 450 g/mol. The normalized spacial score (nSPS) is 20.2. The zero-order valence-corrected chi connectivity index (χ0v) is 20.4. The molecule has 3 amide bonds. The van der Waals surface area contributed by atoms with Crippen molar-refractivity contribution in [3.05, 3.63) is 47.7 Å². The van der Waals surface area contributed by atoms with Crippen LogP contribution >= 0.6 is 0 Å². The highest BCUT2D eigenvalue weighted by Gasteiger charge is 2.33. The van der Waals surface area contributed by atoms with Crippen LogP contribution in [0.3, 0.4) is 0 Å². The Morgan fingerprint density at radius 1 is 1.26 bits per heavy atom. The molecule has 10 heteroatoms. The fourth-order valence-electron chi connectivity index (χ4n) is 3.59. The second-order valence-corrected chi connectivity index (χ2v) is 8.42. The largest absolute Gasteiger partial charge is 0.445 e. The fourth-order valence-corrected chi connectivity index (χ4v) is 3.59. The molecule has 2 rings (SSSR count).